The number of aryl methyl sites for hydroxylation is 1. The summed E-state index contributed by atoms with van der Waals surface area (Å²) in [6, 6.07) is 0. The average Bonchev–Trinajstić information content (AvgIpc) is 3.16. The predicted octanol–water partition coefficient (Wildman–Crippen LogP) is 3.68. The minimum absolute atomic E-state index is 0.113. The lowest BCUT2D eigenvalue weighted by Crippen LogP contribution is -2.18. The SMILES string of the molecule is CCOC(=O)c1sc(NC(=O)CCn2cc(Cl)cn2)c(C(=O)OC(C)C)c1C. The molecule has 1 N–H and O–H groups in total. The molecule has 0 unspecified atom stereocenters. The summed E-state index contributed by atoms with van der Waals surface area (Å²) >= 11 is 6.79. The molecule has 0 saturated carbocycles. The van der Waals surface area contributed by atoms with Crippen LogP contribution in [0, 0.1) is 6.92 Å². The van der Waals surface area contributed by atoms with Gasteiger partial charge < -0.3 is 14.8 Å². The Labute approximate surface area is 171 Å². The van der Waals surface area contributed by atoms with Crippen LogP contribution in [0.4, 0.5) is 5.00 Å². The van der Waals surface area contributed by atoms with Gasteiger partial charge in [0.25, 0.3) is 0 Å². The molecule has 10 heteroatoms. The third-order valence-electron chi connectivity index (χ3n) is 3.58. The molecule has 1 amide bonds. The van der Waals surface area contributed by atoms with E-state index in [1.165, 1.54) is 6.20 Å². The molecule has 0 aliphatic rings. The summed E-state index contributed by atoms with van der Waals surface area (Å²) in [5, 5.41) is 7.44. The first-order valence-corrected chi connectivity index (χ1v) is 9.91. The second-order valence-electron chi connectivity index (χ2n) is 6.15. The van der Waals surface area contributed by atoms with Gasteiger partial charge >= 0.3 is 11.9 Å². The van der Waals surface area contributed by atoms with Crippen LogP contribution in [0.5, 0.6) is 0 Å². The van der Waals surface area contributed by atoms with Gasteiger partial charge in [-0.3, -0.25) is 9.48 Å². The van der Waals surface area contributed by atoms with Gasteiger partial charge in [0.1, 0.15) is 9.88 Å². The van der Waals surface area contributed by atoms with Gasteiger partial charge in [0.2, 0.25) is 5.91 Å². The Morgan fingerprint density at radius 3 is 2.61 bits per heavy atom. The van der Waals surface area contributed by atoms with Gasteiger partial charge in [0, 0.05) is 19.2 Å². The Hall–Kier alpha value is -2.39. The van der Waals surface area contributed by atoms with E-state index in [1.54, 1.807) is 38.6 Å². The van der Waals surface area contributed by atoms with Crippen molar-refractivity contribution in [3.63, 3.8) is 0 Å². The summed E-state index contributed by atoms with van der Waals surface area (Å²) in [5.74, 6) is -1.48. The first-order valence-electron chi connectivity index (χ1n) is 8.72. The van der Waals surface area contributed by atoms with Crippen molar-refractivity contribution in [2.75, 3.05) is 11.9 Å². The number of ether oxygens (including phenoxy) is 2. The Morgan fingerprint density at radius 1 is 1.32 bits per heavy atom. The van der Waals surface area contributed by atoms with Crippen LogP contribution in [0.25, 0.3) is 0 Å². The lowest BCUT2D eigenvalue weighted by molar-refractivity contribution is -0.116. The number of thiophene rings is 1. The zero-order valence-corrected chi connectivity index (χ0v) is 17.6. The highest BCUT2D eigenvalue weighted by Gasteiger charge is 2.27. The van der Waals surface area contributed by atoms with Crippen LogP contribution in [0.3, 0.4) is 0 Å². The fraction of sp³-hybridized carbons (Fsp3) is 0.444. The van der Waals surface area contributed by atoms with E-state index < -0.39 is 11.9 Å². The molecule has 0 radical (unpaired) electrons. The lowest BCUT2D eigenvalue weighted by atomic mass is 10.1. The number of hydrogen-bond acceptors (Lipinski definition) is 7. The van der Waals surface area contributed by atoms with Crippen molar-refractivity contribution in [1.29, 1.82) is 0 Å². The molecule has 2 heterocycles. The average molecular weight is 428 g/mol. The minimum atomic E-state index is -0.603. The molecule has 0 fully saturated rings. The standard InChI is InChI=1S/C18H22ClN3O5S/c1-5-26-18(25)15-11(4)14(17(24)27-10(2)3)16(28-15)21-13(23)6-7-22-9-12(19)8-20-22/h8-10H,5-7H2,1-4H3,(H,21,23). The first-order chi connectivity index (χ1) is 13.2. The number of nitrogens with one attached hydrogen (secondary N) is 1. The fourth-order valence-electron chi connectivity index (χ4n) is 2.38. The Kier molecular flexibility index (Phi) is 7.59. The van der Waals surface area contributed by atoms with Crippen LogP contribution in [0.15, 0.2) is 12.4 Å². The number of aromatic nitrogens is 2. The molecule has 0 aromatic carbocycles. The zero-order valence-electron chi connectivity index (χ0n) is 16.1. The third kappa shape index (κ3) is 5.56. The molecule has 152 valence electrons. The molecule has 0 saturated heterocycles. The minimum Gasteiger partial charge on any atom is -0.462 e. The summed E-state index contributed by atoms with van der Waals surface area (Å²) in [6.45, 7) is 7.29. The molecule has 2 aromatic rings. The van der Waals surface area contributed by atoms with Crippen LogP contribution >= 0.6 is 22.9 Å². The molecule has 28 heavy (non-hydrogen) atoms. The van der Waals surface area contributed by atoms with Crippen molar-refractivity contribution < 1.29 is 23.9 Å². The van der Waals surface area contributed by atoms with Gasteiger partial charge in [0.15, 0.2) is 0 Å². The number of anilines is 1. The number of hydrogen-bond donors (Lipinski definition) is 1. The van der Waals surface area contributed by atoms with Gasteiger partial charge in [-0.25, -0.2) is 9.59 Å². The van der Waals surface area contributed by atoms with Crippen molar-refractivity contribution in [1.82, 2.24) is 9.78 Å². The number of rotatable bonds is 8. The van der Waals surface area contributed by atoms with Crippen LogP contribution in [-0.2, 0) is 20.8 Å². The Bertz CT molecular complexity index is 875. The fourth-order valence-corrected chi connectivity index (χ4v) is 3.64. The van der Waals surface area contributed by atoms with E-state index in [1.807, 2.05) is 0 Å². The molecule has 0 bridgehead atoms. The predicted molar refractivity (Wildman–Crippen MR) is 106 cm³/mol. The molecular weight excluding hydrogens is 406 g/mol. The maximum absolute atomic E-state index is 12.5. The van der Waals surface area contributed by atoms with E-state index >= 15 is 0 Å². The Morgan fingerprint density at radius 2 is 2.04 bits per heavy atom. The van der Waals surface area contributed by atoms with Gasteiger partial charge in [0.05, 0.1) is 29.5 Å². The van der Waals surface area contributed by atoms with Crippen molar-refractivity contribution in [2.24, 2.45) is 0 Å². The summed E-state index contributed by atoms with van der Waals surface area (Å²) < 4.78 is 11.8. The van der Waals surface area contributed by atoms with E-state index in [9.17, 15) is 14.4 Å². The maximum Gasteiger partial charge on any atom is 0.348 e. The molecule has 0 atom stereocenters. The van der Waals surface area contributed by atoms with Crippen molar-refractivity contribution >= 4 is 45.8 Å². The number of esters is 2. The van der Waals surface area contributed by atoms with E-state index in [4.69, 9.17) is 21.1 Å². The molecule has 8 nitrogen and oxygen atoms in total. The molecule has 2 aromatic heterocycles. The number of amides is 1. The van der Waals surface area contributed by atoms with E-state index in [2.05, 4.69) is 10.4 Å². The summed E-state index contributed by atoms with van der Waals surface area (Å²) in [5.41, 5.74) is 0.584. The van der Waals surface area contributed by atoms with Gasteiger partial charge in [-0.15, -0.1) is 11.3 Å². The molecular formula is C18H22ClN3O5S. The highest BCUT2D eigenvalue weighted by atomic mass is 35.5. The molecule has 0 aliphatic carbocycles. The topological polar surface area (TPSA) is 99.5 Å². The molecule has 2 rings (SSSR count). The van der Waals surface area contributed by atoms with Gasteiger partial charge in [-0.05, 0) is 33.3 Å². The van der Waals surface area contributed by atoms with Crippen molar-refractivity contribution in [3.05, 3.63) is 33.4 Å². The number of nitrogens with zero attached hydrogens (tertiary/aromatic N) is 2. The smallest absolute Gasteiger partial charge is 0.348 e. The van der Waals surface area contributed by atoms with Gasteiger partial charge in [-0.1, -0.05) is 11.6 Å². The van der Waals surface area contributed by atoms with E-state index in [-0.39, 0.29) is 40.5 Å². The first kappa shape index (κ1) is 21.9. The second kappa shape index (κ2) is 9.70. The Balaban J connectivity index is 2.22. The monoisotopic (exact) mass is 427 g/mol. The lowest BCUT2D eigenvalue weighted by Gasteiger charge is -2.10. The summed E-state index contributed by atoms with van der Waals surface area (Å²) in [6.07, 6.45) is 2.86. The highest BCUT2D eigenvalue weighted by molar-refractivity contribution is 7.18. The number of carbonyl (C=O) groups excluding carboxylic acids is 3. The third-order valence-corrected chi connectivity index (χ3v) is 4.96. The largest absolute Gasteiger partial charge is 0.462 e. The van der Waals surface area contributed by atoms with Crippen LogP contribution in [0.1, 0.15) is 52.8 Å². The zero-order chi connectivity index (χ0) is 20.8. The van der Waals surface area contributed by atoms with E-state index in [0.29, 0.717) is 17.1 Å². The van der Waals surface area contributed by atoms with Crippen LogP contribution in [-0.4, -0.2) is 40.3 Å². The van der Waals surface area contributed by atoms with E-state index in [0.717, 1.165) is 11.3 Å². The second-order valence-corrected chi connectivity index (χ2v) is 7.61. The van der Waals surface area contributed by atoms with Gasteiger partial charge in [-0.2, -0.15) is 5.10 Å². The van der Waals surface area contributed by atoms with Crippen molar-refractivity contribution in [3.8, 4) is 0 Å². The van der Waals surface area contributed by atoms with Crippen molar-refractivity contribution in [2.45, 2.75) is 46.8 Å². The maximum atomic E-state index is 12.5. The molecule has 0 aliphatic heterocycles. The number of carbonyl (C=O) groups is 3. The highest BCUT2D eigenvalue weighted by Crippen LogP contribution is 2.34. The molecule has 0 spiro atoms. The van der Waals surface area contributed by atoms with Crippen LogP contribution < -0.4 is 5.32 Å². The summed E-state index contributed by atoms with van der Waals surface area (Å²) in [4.78, 5) is 37.3. The quantitative estimate of drug-likeness (QED) is 0.645. The summed E-state index contributed by atoms with van der Waals surface area (Å²) in [7, 11) is 0. The number of halogens is 1. The normalized spacial score (nSPS) is 10.8. The van der Waals surface area contributed by atoms with Crippen LogP contribution in [0.2, 0.25) is 5.02 Å².